The molecule has 0 saturated heterocycles. The van der Waals surface area contributed by atoms with Gasteiger partial charge in [-0.25, -0.2) is 0 Å². The summed E-state index contributed by atoms with van der Waals surface area (Å²) >= 11 is 0. The molecule has 0 spiro atoms. The number of ketones is 1. The molecule has 0 saturated carbocycles. The van der Waals surface area contributed by atoms with E-state index in [2.05, 4.69) is 46.8 Å². The Morgan fingerprint density at radius 3 is 2.18 bits per heavy atom. The number of carbonyl (C=O) groups excluding carboxylic acids is 1. The molecule has 3 rings (SSSR count). The van der Waals surface area contributed by atoms with E-state index in [1.165, 1.54) is 11.1 Å². The van der Waals surface area contributed by atoms with Crippen LogP contribution >= 0.6 is 0 Å². The van der Waals surface area contributed by atoms with Gasteiger partial charge in [0.25, 0.3) is 0 Å². The molecule has 3 heteroatoms. The summed E-state index contributed by atoms with van der Waals surface area (Å²) in [6.07, 6.45) is 3.45. The van der Waals surface area contributed by atoms with E-state index in [0.29, 0.717) is 18.1 Å². The molecule has 3 aromatic carbocycles. The van der Waals surface area contributed by atoms with Gasteiger partial charge in [0.05, 0.1) is 7.11 Å². The summed E-state index contributed by atoms with van der Waals surface area (Å²) in [6.45, 7) is 11.2. The molecule has 0 N–H and O–H groups in total. The highest BCUT2D eigenvalue weighted by Crippen LogP contribution is 2.26. The lowest BCUT2D eigenvalue weighted by atomic mass is 9.87. The van der Waals surface area contributed by atoms with Crippen LogP contribution in [0.2, 0.25) is 0 Å². The van der Waals surface area contributed by atoms with E-state index in [4.69, 9.17) is 9.47 Å². The molecular formula is C30H34O3. The third-order valence-electron chi connectivity index (χ3n) is 5.71. The van der Waals surface area contributed by atoms with Crippen LogP contribution in [0.5, 0.6) is 11.5 Å². The Morgan fingerprint density at radius 2 is 1.61 bits per heavy atom. The zero-order chi connectivity index (χ0) is 24.0. The lowest BCUT2D eigenvalue weighted by Crippen LogP contribution is -2.10. The van der Waals surface area contributed by atoms with Gasteiger partial charge in [0.2, 0.25) is 0 Å². The molecule has 0 amide bonds. The minimum atomic E-state index is -0.0159. The lowest BCUT2D eigenvalue weighted by Gasteiger charge is -2.19. The Kier molecular flexibility index (Phi) is 7.75. The van der Waals surface area contributed by atoms with E-state index in [1.54, 1.807) is 13.2 Å². The molecule has 0 radical (unpaired) electrons. The van der Waals surface area contributed by atoms with Crippen molar-refractivity contribution in [3.63, 3.8) is 0 Å². The van der Waals surface area contributed by atoms with Crippen molar-refractivity contribution in [2.45, 2.75) is 52.6 Å². The van der Waals surface area contributed by atoms with Gasteiger partial charge < -0.3 is 9.47 Å². The second-order valence-electron chi connectivity index (χ2n) is 9.61. The molecule has 0 aliphatic heterocycles. The summed E-state index contributed by atoms with van der Waals surface area (Å²) in [6, 6.07) is 21.9. The van der Waals surface area contributed by atoms with Crippen LogP contribution in [0.15, 0.2) is 72.8 Å². The van der Waals surface area contributed by atoms with Crippen molar-refractivity contribution in [1.82, 2.24) is 0 Å². The molecule has 0 aliphatic rings. The number of allylic oxidation sites excluding steroid dienone is 1. The number of hydrogen-bond donors (Lipinski definition) is 0. The van der Waals surface area contributed by atoms with Crippen molar-refractivity contribution in [3.05, 3.63) is 101 Å². The summed E-state index contributed by atoms with van der Waals surface area (Å²) < 4.78 is 11.5. The highest BCUT2D eigenvalue weighted by atomic mass is 16.5. The Bertz CT molecular complexity index is 1100. The van der Waals surface area contributed by atoms with E-state index in [9.17, 15) is 4.79 Å². The van der Waals surface area contributed by atoms with Crippen molar-refractivity contribution >= 4 is 11.9 Å². The number of methoxy groups -OCH3 is 1. The first-order valence-corrected chi connectivity index (χ1v) is 11.4. The maximum Gasteiger partial charge on any atom is 0.185 e. The number of hydrogen-bond acceptors (Lipinski definition) is 3. The first-order valence-electron chi connectivity index (χ1n) is 11.4. The standard InChI is InChI=1S/C30H34O3/c1-21(2)23-9-11-24(12-10-23)28(31)17-7-22-8-18-29(32-6)25(19-22)20-33-27-15-13-26(14-16-27)30(3,4)5/h7-19,21H,20H2,1-6H3/b17-7+. The quantitative estimate of drug-likeness (QED) is 0.266. The first kappa shape index (κ1) is 24.3. The third kappa shape index (κ3) is 6.58. The van der Waals surface area contributed by atoms with Gasteiger partial charge in [0, 0.05) is 11.1 Å². The molecule has 0 aliphatic carbocycles. The molecule has 0 fully saturated rings. The molecular weight excluding hydrogens is 408 g/mol. The molecule has 3 nitrogen and oxygen atoms in total. The third-order valence-corrected chi connectivity index (χ3v) is 5.71. The SMILES string of the molecule is COc1ccc(/C=C/C(=O)c2ccc(C(C)C)cc2)cc1COc1ccc(C(C)(C)C)cc1. The van der Waals surface area contributed by atoms with E-state index in [-0.39, 0.29) is 11.2 Å². The van der Waals surface area contributed by atoms with Crippen molar-refractivity contribution in [1.29, 1.82) is 0 Å². The van der Waals surface area contributed by atoms with E-state index in [0.717, 1.165) is 22.6 Å². The Morgan fingerprint density at radius 1 is 0.939 bits per heavy atom. The van der Waals surface area contributed by atoms with E-state index < -0.39 is 0 Å². The zero-order valence-electron chi connectivity index (χ0n) is 20.5. The maximum absolute atomic E-state index is 12.6. The lowest BCUT2D eigenvalue weighted by molar-refractivity contribution is 0.104. The molecule has 0 aromatic heterocycles. The van der Waals surface area contributed by atoms with Crippen LogP contribution in [0.1, 0.15) is 73.1 Å². The number of benzene rings is 3. The van der Waals surface area contributed by atoms with Crippen molar-refractivity contribution in [2.75, 3.05) is 7.11 Å². The van der Waals surface area contributed by atoms with Crippen LogP contribution in [-0.4, -0.2) is 12.9 Å². The van der Waals surface area contributed by atoms with Crippen LogP contribution < -0.4 is 9.47 Å². The molecule has 0 heterocycles. The van der Waals surface area contributed by atoms with Gasteiger partial charge in [0.1, 0.15) is 18.1 Å². The summed E-state index contributed by atoms with van der Waals surface area (Å²) in [5, 5.41) is 0. The van der Waals surface area contributed by atoms with Gasteiger partial charge in [-0.1, -0.05) is 83.2 Å². The summed E-state index contributed by atoms with van der Waals surface area (Å²) in [5.41, 5.74) is 5.13. The smallest absolute Gasteiger partial charge is 0.185 e. The van der Waals surface area contributed by atoms with E-state index in [1.807, 2.05) is 60.7 Å². The first-order chi connectivity index (χ1) is 15.7. The normalized spacial score (nSPS) is 11.7. The van der Waals surface area contributed by atoms with Crippen LogP contribution in [0.3, 0.4) is 0 Å². The second-order valence-corrected chi connectivity index (χ2v) is 9.61. The maximum atomic E-state index is 12.6. The van der Waals surface area contributed by atoms with Crippen molar-refractivity contribution in [2.24, 2.45) is 0 Å². The monoisotopic (exact) mass is 442 g/mol. The van der Waals surface area contributed by atoms with Crippen LogP contribution in [0.25, 0.3) is 6.08 Å². The highest BCUT2D eigenvalue weighted by Gasteiger charge is 2.13. The fraction of sp³-hybridized carbons (Fsp3) is 0.300. The van der Waals surface area contributed by atoms with Gasteiger partial charge in [-0.15, -0.1) is 0 Å². The minimum Gasteiger partial charge on any atom is -0.496 e. The number of ether oxygens (including phenoxy) is 2. The van der Waals surface area contributed by atoms with Gasteiger partial charge in [-0.2, -0.15) is 0 Å². The zero-order valence-corrected chi connectivity index (χ0v) is 20.5. The topological polar surface area (TPSA) is 35.5 Å². The average Bonchev–Trinajstić information content (AvgIpc) is 2.81. The van der Waals surface area contributed by atoms with Gasteiger partial charge in [-0.05, 0) is 58.4 Å². The second kappa shape index (κ2) is 10.5. The van der Waals surface area contributed by atoms with Gasteiger partial charge in [0.15, 0.2) is 5.78 Å². The predicted molar refractivity (Wildman–Crippen MR) is 136 cm³/mol. The average molecular weight is 443 g/mol. The fourth-order valence-electron chi connectivity index (χ4n) is 3.53. The molecule has 0 bridgehead atoms. The Labute approximate surface area is 198 Å². The Balaban J connectivity index is 1.70. The van der Waals surface area contributed by atoms with Crippen molar-refractivity contribution in [3.8, 4) is 11.5 Å². The highest BCUT2D eigenvalue weighted by molar-refractivity contribution is 6.06. The molecule has 3 aromatic rings. The molecule has 0 unspecified atom stereocenters. The van der Waals surface area contributed by atoms with Crippen LogP contribution in [0.4, 0.5) is 0 Å². The summed E-state index contributed by atoms with van der Waals surface area (Å²) in [5.74, 6) is 2.00. The number of rotatable bonds is 8. The summed E-state index contributed by atoms with van der Waals surface area (Å²) in [4.78, 5) is 12.6. The van der Waals surface area contributed by atoms with Crippen LogP contribution in [-0.2, 0) is 12.0 Å². The minimum absolute atomic E-state index is 0.0159. The predicted octanol–water partition coefficient (Wildman–Crippen LogP) is 7.59. The van der Waals surface area contributed by atoms with Crippen molar-refractivity contribution < 1.29 is 14.3 Å². The Hall–Kier alpha value is -3.33. The molecule has 0 atom stereocenters. The van der Waals surface area contributed by atoms with Gasteiger partial charge >= 0.3 is 0 Å². The van der Waals surface area contributed by atoms with Crippen LogP contribution in [0, 0.1) is 0 Å². The van der Waals surface area contributed by atoms with E-state index >= 15 is 0 Å². The fourth-order valence-corrected chi connectivity index (χ4v) is 3.53. The summed E-state index contributed by atoms with van der Waals surface area (Å²) in [7, 11) is 1.65. The largest absolute Gasteiger partial charge is 0.496 e. The number of carbonyl (C=O) groups is 1. The molecule has 33 heavy (non-hydrogen) atoms. The molecule has 172 valence electrons. The van der Waals surface area contributed by atoms with Gasteiger partial charge in [-0.3, -0.25) is 4.79 Å².